The number of hydrogen-bond acceptors (Lipinski definition) is 4. The van der Waals surface area contributed by atoms with Crippen LogP contribution in [0.5, 0.6) is 0 Å². The Labute approximate surface area is 113 Å². The highest BCUT2D eigenvalue weighted by Crippen LogP contribution is 2.18. The second-order valence-corrected chi connectivity index (χ2v) is 5.21. The van der Waals surface area contributed by atoms with Gasteiger partial charge >= 0.3 is 0 Å². The van der Waals surface area contributed by atoms with Crippen molar-refractivity contribution in [2.45, 2.75) is 64.6 Å². The summed E-state index contributed by atoms with van der Waals surface area (Å²) in [6, 6.07) is -0.567. The Morgan fingerprint density at radius 3 is 3.05 bits per heavy atom. The van der Waals surface area contributed by atoms with E-state index in [0.29, 0.717) is 0 Å². The van der Waals surface area contributed by atoms with Gasteiger partial charge in [-0.1, -0.05) is 19.8 Å². The standard InChI is InChI=1S/C13H23N5O/c1-3-4-6-10(14)13(19)15-9(2)12-17-16-11-7-5-8-18(11)12/h9-10H,3-8,14H2,1-2H3,(H,15,19)/t9?,10-/m0/s1. The number of unbranched alkanes of at least 4 members (excludes halogenated alkanes) is 1. The molecule has 6 heteroatoms. The van der Waals surface area contributed by atoms with Crippen LogP contribution >= 0.6 is 0 Å². The van der Waals surface area contributed by atoms with E-state index in [2.05, 4.69) is 27.0 Å². The van der Waals surface area contributed by atoms with Gasteiger partial charge in [0.2, 0.25) is 5.91 Å². The molecule has 2 heterocycles. The van der Waals surface area contributed by atoms with E-state index in [1.807, 2.05) is 6.92 Å². The molecule has 1 aromatic rings. The number of nitrogens with two attached hydrogens (primary N) is 1. The smallest absolute Gasteiger partial charge is 0.237 e. The fourth-order valence-electron chi connectivity index (χ4n) is 2.43. The Morgan fingerprint density at radius 2 is 2.32 bits per heavy atom. The van der Waals surface area contributed by atoms with E-state index in [-0.39, 0.29) is 11.9 Å². The molecule has 0 saturated heterocycles. The predicted octanol–water partition coefficient (Wildman–Crippen LogP) is 0.919. The fourth-order valence-corrected chi connectivity index (χ4v) is 2.43. The molecule has 1 unspecified atom stereocenters. The van der Waals surface area contributed by atoms with Crippen LogP contribution in [0.15, 0.2) is 0 Å². The van der Waals surface area contributed by atoms with Crippen LogP contribution in [0.25, 0.3) is 0 Å². The van der Waals surface area contributed by atoms with Gasteiger partial charge in [-0.2, -0.15) is 0 Å². The third-order valence-electron chi connectivity index (χ3n) is 3.59. The van der Waals surface area contributed by atoms with Crippen LogP contribution in [0.3, 0.4) is 0 Å². The Balaban J connectivity index is 1.93. The maximum atomic E-state index is 12.0. The zero-order chi connectivity index (χ0) is 13.8. The molecule has 1 aliphatic heterocycles. The van der Waals surface area contributed by atoms with Gasteiger partial charge in [0.05, 0.1) is 12.1 Å². The average molecular weight is 265 g/mol. The number of carbonyl (C=O) groups excluding carboxylic acids is 1. The van der Waals surface area contributed by atoms with Crippen molar-refractivity contribution < 1.29 is 4.79 Å². The monoisotopic (exact) mass is 265 g/mol. The minimum atomic E-state index is -0.427. The van der Waals surface area contributed by atoms with Gasteiger partial charge in [-0.3, -0.25) is 4.79 Å². The number of amides is 1. The quantitative estimate of drug-likeness (QED) is 0.801. The van der Waals surface area contributed by atoms with Gasteiger partial charge in [0.25, 0.3) is 0 Å². The van der Waals surface area contributed by atoms with Crippen molar-refractivity contribution in [3.05, 3.63) is 11.6 Å². The zero-order valence-corrected chi connectivity index (χ0v) is 11.7. The van der Waals surface area contributed by atoms with Crippen molar-refractivity contribution in [3.63, 3.8) is 0 Å². The van der Waals surface area contributed by atoms with Crippen molar-refractivity contribution in [2.24, 2.45) is 5.73 Å². The van der Waals surface area contributed by atoms with Gasteiger partial charge in [-0.25, -0.2) is 0 Å². The summed E-state index contributed by atoms with van der Waals surface area (Å²) in [6.45, 7) is 4.96. The molecule has 0 fully saturated rings. The SMILES string of the molecule is CCCC[C@H](N)C(=O)NC(C)c1nnc2n1CCC2. The lowest BCUT2D eigenvalue weighted by atomic mass is 10.1. The Kier molecular flexibility index (Phi) is 4.52. The third kappa shape index (κ3) is 3.12. The van der Waals surface area contributed by atoms with Gasteiger partial charge < -0.3 is 15.6 Å². The van der Waals surface area contributed by atoms with E-state index in [1.165, 1.54) is 0 Å². The number of nitrogens with one attached hydrogen (secondary N) is 1. The molecule has 1 aromatic heterocycles. The molecular formula is C13H23N5O. The van der Waals surface area contributed by atoms with Gasteiger partial charge in [0.1, 0.15) is 5.82 Å². The molecule has 2 atom stereocenters. The zero-order valence-electron chi connectivity index (χ0n) is 11.7. The van der Waals surface area contributed by atoms with Crippen LogP contribution in [-0.4, -0.2) is 26.7 Å². The second kappa shape index (κ2) is 6.14. The molecule has 6 nitrogen and oxygen atoms in total. The number of carbonyl (C=O) groups is 1. The van der Waals surface area contributed by atoms with Gasteiger partial charge in [-0.05, 0) is 19.8 Å². The summed E-state index contributed by atoms with van der Waals surface area (Å²) >= 11 is 0. The molecular weight excluding hydrogens is 242 g/mol. The van der Waals surface area contributed by atoms with E-state index in [9.17, 15) is 4.79 Å². The first-order valence-corrected chi connectivity index (χ1v) is 7.11. The number of hydrogen-bond donors (Lipinski definition) is 2. The van der Waals surface area contributed by atoms with Crippen molar-refractivity contribution in [1.82, 2.24) is 20.1 Å². The Bertz CT molecular complexity index is 442. The minimum absolute atomic E-state index is 0.101. The van der Waals surface area contributed by atoms with E-state index in [4.69, 9.17) is 5.73 Å². The van der Waals surface area contributed by atoms with Crippen LogP contribution < -0.4 is 11.1 Å². The first-order valence-electron chi connectivity index (χ1n) is 7.11. The lowest BCUT2D eigenvalue weighted by Crippen LogP contribution is -2.42. The molecule has 0 aromatic carbocycles. The normalized spacial score (nSPS) is 17.0. The van der Waals surface area contributed by atoms with Gasteiger partial charge in [0, 0.05) is 13.0 Å². The highest BCUT2D eigenvalue weighted by atomic mass is 16.2. The summed E-state index contributed by atoms with van der Waals surface area (Å²) < 4.78 is 2.10. The van der Waals surface area contributed by atoms with Crippen molar-refractivity contribution in [1.29, 1.82) is 0 Å². The molecule has 1 aliphatic rings. The third-order valence-corrected chi connectivity index (χ3v) is 3.59. The number of fused-ring (bicyclic) bond motifs is 1. The maximum Gasteiger partial charge on any atom is 0.237 e. The molecule has 106 valence electrons. The molecule has 1 amide bonds. The summed E-state index contributed by atoms with van der Waals surface area (Å²) in [5.41, 5.74) is 5.86. The molecule has 0 saturated carbocycles. The molecule has 0 radical (unpaired) electrons. The summed E-state index contributed by atoms with van der Waals surface area (Å²) in [6.07, 6.45) is 4.84. The number of rotatable bonds is 6. The van der Waals surface area contributed by atoms with E-state index < -0.39 is 6.04 Å². The van der Waals surface area contributed by atoms with E-state index >= 15 is 0 Å². The summed E-state index contributed by atoms with van der Waals surface area (Å²) in [7, 11) is 0. The highest BCUT2D eigenvalue weighted by molar-refractivity contribution is 5.81. The molecule has 0 bridgehead atoms. The predicted molar refractivity (Wildman–Crippen MR) is 72.4 cm³/mol. The van der Waals surface area contributed by atoms with Crippen LogP contribution in [0.4, 0.5) is 0 Å². The lowest BCUT2D eigenvalue weighted by Gasteiger charge is -2.17. The van der Waals surface area contributed by atoms with Crippen LogP contribution in [0.1, 0.15) is 57.2 Å². The van der Waals surface area contributed by atoms with Crippen molar-refractivity contribution in [2.75, 3.05) is 0 Å². The van der Waals surface area contributed by atoms with Crippen molar-refractivity contribution >= 4 is 5.91 Å². The first-order chi connectivity index (χ1) is 9.13. The maximum absolute atomic E-state index is 12.0. The largest absolute Gasteiger partial charge is 0.345 e. The topological polar surface area (TPSA) is 85.8 Å². The number of nitrogens with zero attached hydrogens (tertiary/aromatic N) is 3. The van der Waals surface area contributed by atoms with Gasteiger partial charge in [0.15, 0.2) is 5.82 Å². The highest BCUT2D eigenvalue weighted by Gasteiger charge is 2.23. The first kappa shape index (κ1) is 14.0. The van der Waals surface area contributed by atoms with Crippen LogP contribution in [0, 0.1) is 0 Å². The summed E-state index contributed by atoms with van der Waals surface area (Å²) in [5, 5.41) is 11.3. The van der Waals surface area contributed by atoms with Crippen molar-refractivity contribution in [3.8, 4) is 0 Å². The molecule has 3 N–H and O–H groups in total. The van der Waals surface area contributed by atoms with Gasteiger partial charge in [-0.15, -0.1) is 10.2 Å². The van der Waals surface area contributed by atoms with Crippen LogP contribution in [0.2, 0.25) is 0 Å². The lowest BCUT2D eigenvalue weighted by molar-refractivity contribution is -0.123. The molecule has 0 spiro atoms. The molecule has 2 rings (SSSR count). The Hall–Kier alpha value is -1.43. The number of aromatic nitrogens is 3. The Morgan fingerprint density at radius 1 is 1.53 bits per heavy atom. The van der Waals surface area contributed by atoms with Crippen LogP contribution in [-0.2, 0) is 17.8 Å². The molecule has 19 heavy (non-hydrogen) atoms. The molecule has 0 aliphatic carbocycles. The van der Waals surface area contributed by atoms with E-state index in [0.717, 1.165) is 50.3 Å². The fraction of sp³-hybridized carbons (Fsp3) is 0.769. The summed E-state index contributed by atoms with van der Waals surface area (Å²) in [4.78, 5) is 12.0. The second-order valence-electron chi connectivity index (χ2n) is 5.21. The van der Waals surface area contributed by atoms with E-state index in [1.54, 1.807) is 0 Å². The minimum Gasteiger partial charge on any atom is -0.345 e. The summed E-state index contributed by atoms with van der Waals surface area (Å²) in [5.74, 6) is 1.76. The average Bonchev–Trinajstić information content (AvgIpc) is 2.97. The number of aryl methyl sites for hydroxylation is 1.